The van der Waals surface area contributed by atoms with Gasteiger partial charge in [-0.3, -0.25) is 0 Å². The molecule has 2 rings (SSSR count). The van der Waals surface area contributed by atoms with Crippen LogP contribution in [0.3, 0.4) is 0 Å². The molecular formula is C11H14ClN3O2. The lowest BCUT2D eigenvalue weighted by molar-refractivity contribution is 0.134. The van der Waals surface area contributed by atoms with Crippen molar-refractivity contribution in [2.24, 2.45) is 0 Å². The molecular weight excluding hydrogens is 242 g/mol. The second-order valence-corrected chi connectivity index (χ2v) is 4.48. The van der Waals surface area contributed by atoms with Crippen LogP contribution >= 0.6 is 11.6 Å². The maximum Gasteiger partial charge on any atom is 0.407 e. The highest BCUT2D eigenvalue weighted by Crippen LogP contribution is 2.17. The number of nitrogens with zero attached hydrogens (tertiary/aromatic N) is 2. The van der Waals surface area contributed by atoms with E-state index in [2.05, 4.69) is 10.3 Å². The number of nitrogens with one attached hydrogen (secondary N) is 1. The van der Waals surface area contributed by atoms with Crippen LogP contribution in [0.1, 0.15) is 12.8 Å². The minimum atomic E-state index is -0.843. The molecule has 0 spiro atoms. The van der Waals surface area contributed by atoms with Gasteiger partial charge in [-0.15, -0.1) is 0 Å². The highest BCUT2D eigenvalue weighted by molar-refractivity contribution is 6.30. The molecule has 1 aliphatic heterocycles. The van der Waals surface area contributed by atoms with Gasteiger partial charge >= 0.3 is 6.09 Å². The van der Waals surface area contributed by atoms with E-state index in [9.17, 15) is 4.79 Å². The first-order chi connectivity index (χ1) is 8.15. The number of likely N-dealkylation sites (tertiary alicyclic amines) is 1. The fourth-order valence-electron chi connectivity index (χ4n) is 1.91. The second kappa shape index (κ2) is 5.23. The Hall–Kier alpha value is -1.49. The zero-order chi connectivity index (χ0) is 12.3. The molecule has 2 N–H and O–H groups in total. The quantitative estimate of drug-likeness (QED) is 0.851. The first-order valence-corrected chi connectivity index (χ1v) is 5.89. The van der Waals surface area contributed by atoms with E-state index in [0.717, 1.165) is 18.7 Å². The predicted molar refractivity (Wildman–Crippen MR) is 65.5 cm³/mol. The molecule has 1 aliphatic rings. The first-order valence-electron chi connectivity index (χ1n) is 5.51. The molecule has 1 amide bonds. The van der Waals surface area contributed by atoms with E-state index in [4.69, 9.17) is 16.7 Å². The Labute approximate surface area is 104 Å². The monoisotopic (exact) mass is 255 g/mol. The summed E-state index contributed by atoms with van der Waals surface area (Å²) >= 11 is 5.86. The average molecular weight is 256 g/mol. The van der Waals surface area contributed by atoms with Gasteiger partial charge in [-0.25, -0.2) is 9.78 Å². The third-order valence-electron chi connectivity index (χ3n) is 2.84. The summed E-state index contributed by atoms with van der Waals surface area (Å²) in [5.41, 5.74) is 0. The molecule has 0 atom stereocenters. The Morgan fingerprint density at radius 2 is 2.24 bits per heavy atom. The van der Waals surface area contributed by atoms with Crippen LogP contribution in [-0.2, 0) is 0 Å². The molecule has 92 valence electrons. The van der Waals surface area contributed by atoms with Gasteiger partial charge in [0.2, 0.25) is 0 Å². The zero-order valence-corrected chi connectivity index (χ0v) is 10.0. The third kappa shape index (κ3) is 3.23. The summed E-state index contributed by atoms with van der Waals surface area (Å²) in [4.78, 5) is 16.3. The van der Waals surface area contributed by atoms with Crippen LogP contribution in [-0.4, -0.2) is 40.2 Å². The van der Waals surface area contributed by atoms with Crippen molar-refractivity contribution in [2.75, 3.05) is 18.4 Å². The summed E-state index contributed by atoms with van der Waals surface area (Å²) in [6.45, 7) is 1.13. The van der Waals surface area contributed by atoms with Gasteiger partial charge in [-0.1, -0.05) is 11.6 Å². The van der Waals surface area contributed by atoms with Gasteiger partial charge in [0.05, 0.1) is 0 Å². The highest BCUT2D eigenvalue weighted by atomic mass is 35.5. The molecule has 0 bridgehead atoms. The number of halogens is 1. The number of carbonyl (C=O) groups is 1. The minimum Gasteiger partial charge on any atom is -0.465 e. The number of piperidine rings is 1. The first kappa shape index (κ1) is 12.0. The fourth-order valence-corrected chi connectivity index (χ4v) is 2.07. The summed E-state index contributed by atoms with van der Waals surface area (Å²) < 4.78 is 0. The summed E-state index contributed by atoms with van der Waals surface area (Å²) in [5.74, 6) is 0.742. The largest absolute Gasteiger partial charge is 0.465 e. The van der Waals surface area contributed by atoms with E-state index in [1.54, 1.807) is 18.3 Å². The molecule has 0 unspecified atom stereocenters. The molecule has 6 heteroatoms. The molecule has 1 saturated heterocycles. The fraction of sp³-hybridized carbons (Fsp3) is 0.455. The molecule has 0 aromatic carbocycles. The van der Waals surface area contributed by atoms with Crippen molar-refractivity contribution in [1.82, 2.24) is 9.88 Å². The van der Waals surface area contributed by atoms with Gasteiger partial charge in [0, 0.05) is 30.4 Å². The van der Waals surface area contributed by atoms with Crippen LogP contribution in [0.4, 0.5) is 10.6 Å². The average Bonchev–Trinajstić information content (AvgIpc) is 2.29. The number of amides is 1. The standard InChI is InChI=1S/C11H14ClN3O2/c12-8-1-4-13-10(7-8)14-9-2-5-15(6-3-9)11(16)17/h1,4,7,9H,2-3,5-6H2,(H,13,14)(H,16,17). The SMILES string of the molecule is O=C(O)N1CCC(Nc2cc(Cl)ccn2)CC1. The number of aromatic nitrogens is 1. The van der Waals surface area contributed by atoms with Gasteiger partial charge in [0.15, 0.2) is 0 Å². The van der Waals surface area contributed by atoms with Crippen molar-refractivity contribution < 1.29 is 9.90 Å². The number of hydrogen-bond acceptors (Lipinski definition) is 3. The van der Waals surface area contributed by atoms with Gasteiger partial charge < -0.3 is 15.3 Å². The molecule has 1 aromatic rings. The number of anilines is 1. The Bertz CT molecular complexity index is 405. The molecule has 0 saturated carbocycles. The van der Waals surface area contributed by atoms with Crippen molar-refractivity contribution in [3.8, 4) is 0 Å². The maximum atomic E-state index is 10.7. The smallest absolute Gasteiger partial charge is 0.407 e. The van der Waals surface area contributed by atoms with Crippen molar-refractivity contribution in [3.63, 3.8) is 0 Å². The molecule has 0 aliphatic carbocycles. The number of rotatable bonds is 2. The van der Waals surface area contributed by atoms with E-state index >= 15 is 0 Å². The lowest BCUT2D eigenvalue weighted by Crippen LogP contribution is -2.41. The summed E-state index contributed by atoms with van der Waals surface area (Å²) in [5, 5.41) is 12.7. The third-order valence-corrected chi connectivity index (χ3v) is 3.07. The molecule has 5 nitrogen and oxygen atoms in total. The van der Waals surface area contributed by atoms with Crippen LogP contribution in [0.5, 0.6) is 0 Å². The van der Waals surface area contributed by atoms with Gasteiger partial charge in [-0.05, 0) is 25.0 Å². The van der Waals surface area contributed by atoms with Crippen molar-refractivity contribution >= 4 is 23.5 Å². The van der Waals surface area contributed by atoms with Crippen molar-refractivity contribution in [3.05, 3.63) is 23.4 Å². The molecule has 0 radical (unpaired) electrons. The van der Waals surface area contributed by atoms with Crippen molar-refractivity contribution in [1.29, 1.82) is 0 Å². The van der Waals surface area contributed by atoms with E-state index < -0.39 is 6.09 Å². The van der Waals surface area contributed by atoms with Crippen LogP contribution in [0.2, 0.25) is 5.02 Å². The van der Waals surface area contributed by atoms with Gasteiger partial charge in [0.1, 0.15) is 5.82 Å². The number of carboxylic acid groups (broad SMARTS) is 1. The van der Waals surface area contributed by atoms with Crippen LogP contribution < -0.4 is 5.32 Å². The summed E-state index contributed by atoms with van der Waals surface area (Å²) in [6, 6.07) is 3.75. The molecule has 1 fully saturated rings. The van der Waals surface area contributed by atoms with Crippen molar-refractivity contribution in [2.45, 2.75) is 18.9 Å². The van der Waals surface area contributed by atoms with E-state index in [0.29, 0.717) is 18.1 Å². The second-order valence-electron chi connectivity index (χ2n) is 4.05. The Kier molecular flexibility index (Phi) is 3.68. The normalized spacial score (nSPS) is 16.9. The Morgan fingerprint density at radius 3 is 2.82 bits per heavy atom. The molecule has 17 heavy (non-hydrogen) atoms. The minimum absolute atomic E-state index is 0.261. The Morgan fingerprint density at radius 1 is 1.53 bits per heavy atom. The lowest BCUT2D eigenvalue weighted by Gasteiger charge is -2.30. The number of hydrogen-bond donors (Lipinski definition) is 2. The summed E-state index contributed by atoms with van der Waals surface area (Å²) in [6.07, 6.45) is 2.39. The van der Waals surface area contributed by atoms with Gasteiger partial charge in [0.25, 0.3) is 0 Å². The van der Waals surface area contributed by atoms with E-state index in [1.807, 2.05) is 0 Å². The molecule has 2 heterocycles. The maximum absolute atomic E-state index is 10.7. The molecule has 1 aromatic heterocycles. The van der Waals surface area contributed by atoms with E-state index in [-0.39, 0.29) is 6.04 Å². The van der Waals surface area contributed by atoms with Gasteiger partial charge in [-0.2, -0.15) is 0 Å². The Balaban J connectivity index is 1.88. The zero-order valence-electron chi connectivity index (χ0n) is 9.27. The lowest BCUT2D eigenvalue weighted by atomic mass is 10.1. The number of pyridine rings is 1. The van der Waals surface area contributed by atoms with Crippen LogP contribution in [0, 0.1) is 0 Å². The van der Waals surface area contributed by atoms with E-state index in [1.165, 1.54) is 4.90 Å². The topological polar surface area (TPSA) is 65.5 Å². The van der Waals surface area contributed by atoms with Crippen LogP contribution in [0.15, 0.2) is 18.3 Å². The predicted octanol–water partition coefficient (Wildman–Crippen LogP) is 2.29. The summed E-state index contributed by atoms with van der Waals surface area (Å²) in [7, 11) is 0. The van der Waals surface area contributed by atoms with Crippen LogP contribution in [0.25, 0.3) is 0 Å². The highest BCUT2D eigenvalue weighted by Gasteiger charge is 2.22.